The van der Waals surface area contributed by atoms with Gasteiger partial charge in [-0.15, -0.1) is 0 Å². The lowest BCUT2D eigenvalue weighted by molar-refractivity contribution is -0.125. The molecule has 2 amide bonds. The van der Waals surface area contributed by atoms with Crippen molar-refractivity contribution in [2.45, 2.75) is 38.7 Å². The number of hydrogen-bond acceptors (Lipinski definition) is 3. The van der Waals surface area contributed by atoms with Crippen LogP contribution < -0.4 is 15.4 Å². The summed E-state index contributed by atoms with van der Waals surface area (Å²) in [7, 11) is 0. The molecule has 0 saturated heterocycles. The van der Waals surface area contributed by atoms with E-state index in [2.05, 4.69) is 15.4 Å². The molecule has 0 aromatic heterocycles. The smallest absolute Gasteiger partial charge is 0.387 e. The van der Waals surface area contributed by atoms with Crippen LogP contribution in [0.2, 0.25) is 0 Å². The minimum Gasteiger partial charge on any atom is -0.435 e. The van der Waals surface area contributed by atoms with Crippen LogP contribution in [0.3, 0.4) is 0 Å². The fraction of sp³-hybridized carbons (Fsp3) is 0.529. The van der Waals surface area contributed by atoms with Gasteiger partial charge in [-0.05, 0) is 18.9 Å². The third-order valence-corrected chi connectivity index (χ3v) is 4.01. The maximum absolute atomic E-state index is 12.3. The van der Waals surface area contributed by atoms with Crippen molar-refractivity contribution in [3.63, 3.8) is 0 Å². The molecule has 2 N–H and O–H groups in total. The molecule has 132 valence electrons. The average Bonchev–Trinajstić information content (AvgIpc) is 3.07. The molecule has 1 saturated carbocycles. The Hall–Kier alpha value is -2.18. The van der Waals surface area contributed by atoms with Gasteiger partial charge in [-0.25, -0.2) is 0 Å². The van der Waals surface area contributed by atoms with Crippen LogP contribution in [0.25, 0.3) is 0 Å². The van der Waals surface area contributed by atoms with E-state index in [9.17, 15) is 18.4 Å². The molecule has 0 radical (unpaired) electrons. The summed E-state index contributed by atoms with van der Waals surface area (Å²) in [5.74, 6) is -0.177. The summed E-state index contributed by atoms with van der Waals surface area (Å²) >= 11 is 0. The second-order valence-electron chi connectivity index (χ2n) is 5.79. The monoisotopic (exact) mass is 340 g/mol. The molecular formula is C17H22F2N2O3. The average molecular weight is 340 g/mol. The highest BCUT2D eigenvalue weighted by molar-refractivity contribution is 5.80. The molecular weight excluding hydrogens is 318 g/mol. The molecule has 5 nitrogen and oxygen atoms in total. The molecule has 0 atom stereocenters. The van der Waals surface area contributed by atoms with E-state index in [1.165, 1.54) is 6.07 Å². The van der Waals surface area contributed by atoms with Gasteiger partial charge in [0.15, 0.2) is 0 Å². The first-order valence-corrected chi connectivity index (χ1v) is 8.13. The van der Waals surface area contributed by atoms with Crippen LogP contribution in [0.15, 0.2) is 24.3 Å². The van der Waals surface area contributed by atoms with Crippen LogP contribution in [0.1, 0.15) is 31.2 Å². The van der Waals surface area contributed by atoms with E-state index < -0.39 is 6.61 Å². The Morgan fingerprint density at radius 2 is 1.79 bits per heavy atom. The molecule has 7 heteroatoms. The third-order valence-electron chi connectivity index (χ3n) is 4.01. The zero-order chi connectivity index (χ0) is 17.4. The first-order valence-electron chi connectivity index (χ1n) is 8.13. The number of nitrogens with one attached hydrogen (secondary N) is 2. The van der Waals surface area contributed by atoms with E-state index in [-0.39, 0.29) is 29.9 Å². The maximum Gasteiger partial charge on any atom is 0.387 e. The largest absolute Gasteiger partial charge is 0.435 e. The summed E-state index contributed by atoms with van der Waals surface area (Å²) < 4.78 is 29.0. The molecule has 1 aromatic carbocycles. The summed E-state index contributed by atoms with van der Waals surface area (Å²) in [5.41, 5.74) is 0.394. The Labute approximate surface area is 139 Å². The first-order chi connectivity index (χ1) is 11.6. The molecule has 1 aromatic rings. The van der Waals surface area contributed by atoms with E-state index in [1.54, 1.807) is 18.2 Å². The van der Waals surface area contributed by atoms with Crippen molar-refractivity contribution in [2.75, 3.05) is 13.1 Å². The number of halogens is 2. The van der Waals surface area contributed by atoms with Gasteiger partial charge in [0.25, 0.3) is 0 Å². The normalized spacial score (nSPS) is 14.6. The number of rotatable bonds is 8. The summed E-state index contributed by atoms with van der Waals surface area (Å²) in [6, 6.07) is 6.19. The van der Waals surface area contributed by atoms with Crippen LogP contribution in [0.5, 0.6) is 5.75 Å². The number of carbonyl (C=O) groups is 2. The Bertz CT molecular complexity index is 561. The number of para-hydroxylation sites is 1. The van der Waals surface area contributed by atoms with E-state index in [0.717, 1.165) is 25.7 Å². The van der Waals surface area contributed by atoms with Crippen molar-refractivity contribution in [3.05, 3.63) is 29.8 Å². The number of carbonyl (C=O) groups excluding carboxylic acids is 2. The van der Waals surface area contributed by atoms with Crippen molar-refractivity contribution in [2.24, 2.45) is 5.92 Å². The van der Waals surface area contributed by atoms with Crippen molar-refractivity contribution in [1.82, 2.24) is 10.6 Å². The summed E-state index contributed by atoms with van der Waals surface area (Å²) in [4.78, 5) is 23.7. The van der Waals surface area contributed by atoms with Crippen molar-refractivity contribution in [3.8, 4) is 5.75 Å². The number of amides is 2. The SMILES string of the molecule is O=C(Cc1ccccc1OC(F)F)NCCNC(=O)C1CCCC1. The second-order valence-corrected chi connectivity index (χ2v) is 5.79. The van der Waals surface area contributed by atoms with Gasteiger partial charge in [0.2, 0.25) is 11.8 Å². The van der Waals surface area contributed by atoms with Crippen molar-refractivity contribution >= 4 is 11.8 Å². The van der Waals surface area contributed by atoms with Gasteiger partial charge >= 0.3 is 6.61 Å². The quantitative estimate of drug-likeness (QED) is 0.713. The predicted octanol–water partition coefficient (Wildman–Crippen LogP) is 2.25. The van der Waals surface area contributed by atoms with Crippen molar-refractivity contribution in [1.29, 1.82) is 0 Å². The van der Waals surface area contributed by atoms with Crippen LogP contribution in [0.4, 0.5) is 8.78 Å². The number of ether oxygens (including phenoxy) is 1. The van der Waals surface area contributed by atoms with E-state index in [0.29, 0.717) is 18.7 Å². The molecule has 0 heterocycles. The molecule has 2 rings (SSSR count). The molecule has 0 aliphatic heterocycles. The summed E-state index contributed by atoms with van der Waals surface area (Å²) in [6.45, 7) is -2.27. The van der Waals surface area contributed by atoms with Gasteiger partial charge in [0.1, 0.15) is 5.75 Å². The Morgan fingerprint density at radius 3 is 2.50 bits per heavy atom. The maximum atomic E-state index is 12.3. The zero-order valence-electron chi connectivity index (χ0n) is 13.4. The van der Waals surface area contributed by atoms with Gasteiger partial charge in [0, 0.05) is 24.6 Å². The summed E-state index contributed by atoms with van der Waals surface area (Å²) in [5, 5.41) is 5.46. The Kier molecular flexibility index (Phi) is 6.96. The highest BCUT2D eigenvalue weighted by atomic mass is 19.3. The molecule has 0 bridgehead atoms. The molecule has 0 unspecified atom stereocenters. The second kappa shape index (κ2) is 9.20. The van der Waals surface area contributed by atoms with E-state index in [4.69, 9.17) is 0 Å². The Balaban J connectivity index is 1.70. The van der Waals surface area contributed by atoms with Crippen LogP contribution >= 0.6 is 0 Å². The molecule has 1 aliphatic carbocycles. The van der Waals surface area contributed by atoms with E-state index in [1.807, 2.05) is 0 Å². The summed E-state index contributed by atoms with van der Waals surface area (Å²) in [6.07, 6.45) is 3.99. The molecule has 24 heavy (non-hydrogen) atoms. The van der Waals surface area contributed by atoms with Gasteiger partial charge in [-0.1, -0.05) is 31.0 Å². The first kappa shape index (κ1) is 18.2. The molecule has 1 aliphatic rings. The minimum atomic E-state index is -2.93. The number of alkyl halides is 2. The van der Waals surface area contributed by atoms with Gasteiger partial charge in [-0.3, -0.25) is 9.59 Å². The van der Waals surface area contributed by atoms with Crippen LogP contribution in [-0.2, 0) is 16.0 Å². The van der Waals surface area contributed by atoms with Crippen LogP contribution in [-0.4, -0.2) is 31.5 Å². The lowest BCUT2D eigenvalue weighted by atomic mass is 10.1. The topological polar surface area (TPSA) is 67.4 Å². The van der Waals surface area contributed by atoms with Gasteiger partial charge < -0.3 is 15.4 Å². The Morgan fingerprint density at radius 1 is 1.12 bits per heavy atom. The fourth-order valence-electron chi connectivity index (χ4n) is 2.82. The highest BCUT2D eigenvalue weighted by Gasteiger charge is 2.22. The van der Waals surface area contributed by atoms with Crippen LogP contribution in [0, 0.1) is 5.92 Å². The molecule has 0 spiro atoms. The lowest BCUT2D eigenvalue weighted by Gasteiger charge is -2.12. The zero-order valence-corrected chi connectivity index (χ0v) is 13.4. The standard InChI is InChI=1S/C17H22F2N2O3/c18-17(19)24-14-8-4-3-7-13(14)11-15(22)20-9-10-21-16(23)12-5-1-2-6-12/h3-4,7-8,12,17H,1-2,5-6,9-11H2,(H,20,22)(H,21,23). The number of hydrogen-bond donors (Lipinski definition) is 2. The van der Waals surface area contributed by atoms with Gasteiger partial charge in [-0.2, -0.15) is 8.78 Å². The third kappa shape index (κ3) is 5.79. The van der Waals surface area contributed by atoms with E-state index >= 15 is 0 Å². The number of benzene rings is 1. The lowest BCUT2D eigenvalue weighted by Crippen LogP contribution is -2.37. The fourth-order valence-corrected chi connectivity index (χ4v) is 2.82. The predicted molar refractivity (Wildman–Crippen MR) is 84.8 cm³/mol. The molecule has 1 fully saturated rings. The van der Waals surface area contributed by atoms with Gasteiger partial charge in [0.05, 0.1) is 6.42 Å². The van der Waals surface area contributed by atoms with Crippen molar-refractivity contribution < 1.29 is 23.1 Å². The minimum absolute atomic E-state index is 0.00261. The highest BCUT2D eigenvalue weighted by Crippen LogP contribution is 2.24.